The van der Waals surface area contributed by atoms with Crippen LogP contribution in [-0.2, 0) is 10.3 Å². The monoisotopic (exact) mass is 491 g/mol. The van der Waals surface area contributed by atoms with Crippen molar-refractivity contribution in [2.45, 2.75) is 58.2 Å². The molecule has 9 heteroatoms. The molecule has 1 atom stereocenters. The first-order valence-electron chi connectivity index (χ1n) is 12.0. The van der Waals surface area contributed by atoms with Crippen molar-refractivity contribution in [2.24, 2.45) is 0 Å². The number of hydrogen-bond donors (Lipinski definition) is 3. The van der Waals surface area contributed by atoms with Crippen molar-refractivity contribution in [3.8, 4) is 11.4 Å². The van der Waals surface area contributed by atoms with Crippen LogP contribution in [0.5, 0.6) is 5.75 Å². The molecule has 2 aromatic carbocycles. The van der Waals surface area contributed by atoms with Gasteiger partial charge in [0.2, 0.25) is 0 Å². The number of nitrogens with one attached hydrogen (secondary N) is 3. The lowest BCUT2D eigenvalue weighted by Crippen LogP contribution is -2.43. The van der Waals surface area contributed by atoms with Crippen molar-refractivity contribution >= 4 is 17.9 Å². The molecule has 1 unspecified atom stereocenters. The van der Waals surface area contributed by atoms with E-state index in [1.165, 1.54) is 0 Å². The Morgan fingerprint density at radius 3 is 2.47 bits per heavy atom. The van der Waals surface area contributed by atoms with Crippen molar-refractivity contribution < 1.29 is 19.1 Å². The van der Waals surface area contributed by atoms with E-state index in [-0.39, 0.29) is 12.1 Å². The number of rotatable bonds is 5. The number of aromatic nitrogens is 2. The molecule has 0 radical (unpaired) electrons. The number of nitrogens with zero attached hydrogens (tertiary/aromatic N) is 2. The molecule has 1 aromatic heterocycles. The summed E-state index contributed by atoms with van der Waals surface area (Å²) >= 11 is 0. The number of amides is 3. The molecule has 0 aliphatic carbocycles. The zero-order chi connectivity index (χ0) is 25.9. The summed E-state index contributed by atoms with van der Waals surface area (Å²) in [4.78, 5) is 24.8. The van der Waals surface area contributed by atoms with Crippen LogP contribution in [-0.4, -0.2) is 34.1 Å². The number of anilines is 1. The first-order chi connectivity index (χ1) is 17.0. The van der Waals surface area contributed by atoms with Gasteiger partial charge in [-0.3, -0.25) is 5.32 Å². The van der Waals surface area contributed by atoms with E-state index in [0.29, 0.717) is 18.8 Å². The Morgan fingerprint density at radius 1 is 1.03 bits per heavy atom. The van der Waals surface area contributed by atoms with Crippen LogP contribution in [0.4, 0.5) is 15.4 Å². The summed E-state index contributed by atoms with van der Waals surface area (Å²) in [6, 6.07) is 16.7. The molecule has 1 aliphatic rings. The van der Waals surface area contributed by atoms with Gasteiger partial charge in [-0.15, -0.1) is 5.10 Å². The molecule has 4 rings (SSSR count). The number of ether oxygens (including phenoxy) is 2. The fourth-order valence-electron chi connectivity index (χ4n) is 4.00. The Bertz CT molecular complexity index is 1230. The summed E-state index contributed by atoms with van der Waals surface area (Å²) in [5.74, 6) is 1.23. The summed E-state index contributed by atoms with van der Waals surface area (Å²) < 4.78 is 12.7. The van der Waals surface area contributed by atoms with Crippen LogP contribution < -0.4 is 20.7 Å². The van der Waals surface area contributed by atoms with E-state index in [1.54, 1.807) is 16.9 Å². The topological polar surface area (TPSA) is 107 Å². The van der Waals surface area contributed by atoms with Gasteiger partial charge in [0.25, 0.3) is 0 Å². The first kappa shape index (κ1) is 25.1. The first-order valence-corrected chi connectivity index (χ1v) is 12.0. The molecule has 36 heavy (non-hydrogen) atoms. The van der Waals surface area contributed by atoms with Crippen LogP contribution in [0.25, 0.3) is 5.69 Å². The van der Waals surface area contributed by atoms with Crippen molar-refractivity contribution in [1.82, 2.24) is 20.4 Å². The molecule has 0 spiro atoms. The Balaban J connectivity index is 1.37. The third-order valence-corrected chi connectivity index (χ3v) is 5.76. The second-order valence-corrected chi connectivity index (χ2v) is 10.3. The molecule has 1 aliphatic heterocycles. The number of carbonyl (C=O) groups is 2. The SMILES string of the molecule is CC(C)(C)OC(=O)NC(C)(C)c1ccc(-n2ccc(NC(=O)NC3CCOc4ccccc43)n2)cc1. The molecule has 190 valence electrons. The highest BCUT2D eigenvalue weighted by Crippen LogP contribution is 2.31. The lowest BCUT2D eigenvalue weighted by atomic mass is 9.94. The Kier molecular flexibility index (Phi) is 6.92. The lowest BCUT2D eigenvalue weighted by molar-refractivity contribution is 0.0470. The third kappa shape index (κ3) is 6.16. The maximum absolute atomic E-state index is 12.6. The van der Waals surface area contributed by atoms with E-state index in [9.17, 15) is 9.59 Å². The average molecular weight is 492 g/mol. The van der Waals surface area contributed by atoms with E-state index in [1.807, 2.05) is 83.1 Å². The van der Waals surface area contributed by atoms with Crippen LogP contribution in [0.2, 0.25) is 0 Å². The van der Waals surface area contributed by atoms with Gasteiger partial charge in [0.1, 0.15) is 11.4 Å². The van der Waals surface area contributed by atoms with Crippen molar-refractivity contribution in [3.05, 3.63) is 71.9 Å². The van der Waals surface area contributed by atoms with Gasteiger partial charge >= 0.3 is 12.1 Å². The molecule has 9 nitrogen and oxygen atoms in total. The minimum absolute atomic E-state index is 0.123. The van der Waals surface area contributed by atoms with E-state index in [0.717, 1.165) is 22.6 Å². The van der Waals surface area contributed by atoms with E-state index in [2.05, 4.69) is 21.0 Å². The molecule has 0 saturated carbocycles. The summed E-state index contributed by atoms with van der Waals surface area (Å²) in [6.07, 6.45) is 2.00. The van der Waals surface area contributed by atoms with Crippen molar-refractivity contribution in [3.63, 3.8) is 0 Å². The van der Waals surface area contributed by atoms with Gasteiger partial charge in [0.05, 0.1) is 23.9 Å². The smallest absolute Gasteiger partial charge is 0.408 e. The predicted molar refractivity (Wildman–Crippen MR) is 137 cm³/mol. The zero-order valence-electron chi connectivity index (χ0n) is 21.3. The maximum Gasteiger partial charge on any atom is 0.408 e. The van der Waals surface area contributed by atoms with Crippen LogP contribution in [0.3, 0.4) is 0 Å². The van der Waals surface area contributed by atoms with Gasteiger partial charge in [0.15, 0.2) is 5.82 Å². The Morgan fingerprint density at radius 2 is 1.75 bits per heavy atom. The summed E-state index contributed by atoms with van der Waals surface area (Å²) in [5, 5.41) is 13.2. The second kappa shape index (κ2) is 9.93. The number of fused-ring (bicyclic) bond motifs is 1. The summed E-state index contributed by atoms with van der Waals surface area (Å²) in [5.41, 5.74) is 1.51. The highest BCUT2D eigenvalue weighted by molar-refractivity contribution is 5.88. The number of para-hydroxylation sites is 1. The largest absolute Gasteiger partial charge is 0.493 e. The molecule has 3 aromatic rings. The number of benzene rings is 2. The molecule has 0 fully saturated rings. The average Bonchev–Trinajstić information content (AvgIpc) is 3.26. The standard InChI is InChI=1S/C27H33N5O4/c1-26(2,3)36-25(34)30-27(4,5)18-10-12-19(13-11-18)32-16-14-23(31-32)29-24(33)28-21-15-17-35-22-9-7-6-8-20(21)22/h6-14,16,21H,15,17H2,1-5H3,(H,30,34)(H2,28,29,31,33). The number of carbonyl (C=O) groups excluding carboxylic acids is 2. The predicted octanol–water partition coefficient (Wildman–Crippen LogP) is 5.28. The molecule has 0 bridgehead atoms. The second-order valence-electron chi connectivity index (χ2n) is 10.3. The highest BCUT2D eigenvalue weighted by Gasteiger charge is 2.26. The highest BCUT2D eigenvalue weighted by atomic mass is 16.6. The number of hydrogen-bond acceptors (Lipinski definition) is 5. The minimum Gasteiger partial charge on any atom is -0.493 e. The normalized spacial score (nSPS) is 15.3. The maximum atomic E-state index is 12.6. The molecule has 2 heterocycles. The van der Waals surface area contributed by atoms with Gasteiger partial charge in [0, 0.05) is 24.2 Å². The lowest BCUT2D eigenvalue weighted by Gasteiger charge is -2.29. The fourth-order valence-corrected chi connectivity index (χ4v) is 4.00. The quantitative estimate of drug-likeness (QED) is 0.450. The minimum atomic E-state index is -0.626. The van der Waals surface area contributed by atoms with Gasteiger partial charge < -0.3 is 20.1 Å². The Labute approximate surface area is 211 Å². The van der Waals surface area contributed by atoms with Crippen molar-refractivity contribution in [2.75, 3.05) is 11.9 Å². The Hall–Kier alpha value is -4.01. The van der Waals surface area contributed by atoms with Gasteiger partial charge in [-0.25, -0.2) is 14.3 Å². The van der Waals surface area contributed by atoms with Crippen LogP contribution in [0, 0.1) is 0 Å². The molecular weight excluding hydrogens is 458 g/mol. The van der Waals surface area contributed by atoms with Gasteiger partial charge in [-0.1, -0.05) is 30.3 Å². The van der Waals surface area contributed by atoms with E-state index >= 15 is 0 Å². The van der Waals surface area contributed by atoms with Crippen LogP contribution in [0.15, 0.2) is 60.8 Å². The van der Waals surface area contributed by atoms with Gasteiger partial charge in [-0.05, 0) is 58.4 Å². The number of alkyl carbamates (subject to hydrolysis) is 1. The van der Waals surface area contributed by atoms with Crippen molar-refractivity contribution in [1.29, 1.82) is 0 Å². The summed E-state index contributed by atoms with van der Waals surface area (Å²) in [7, 11) is 0. The third-order valence-electron chi connectivity index (χ3n) is 5.76. The van der Waals surface area contributed by atoms with Crippen LogP contribution >= 0.6 is 0 Å². The van der Waals surface area contributed by atoms with E-state index < -0.39 is 17.2 Å². The molecule has 0 saturated heterocycles. The molecule has 3 amide bonds. The van der Waals surface area contributed by atoms with Crippen LogP contribution in [0.1, 0.15) is 58.2 Å². The zero-order valence-corrected chi connectivity index (χ0v) is 21.3. The van der Waals surface area contributed by atoms with Gasteiger partial charge in [-0.2, -0.15) is 0 Å². The number of urea groups is 1. The molecule has 3 N–H and O–H groups in total. The summed E-state index contributed by atoms with van der Waals surface area (Å²) in [6.45, 7) is 9.87. The fraction of sp³-hybridized carbons (Fsp3) is 0.370. The van der Waals surface area contributed by atoms with E-state index in [4.69, 9.17) is 9.47 Å². The molecular formula is C27H33N5O4.